The van der Waals surface area contributed by atoms with Gasteiger partial charge in [0.05, 0.1) is 25.5 Å². The molecule has 0 spiro atoms. The van der Waals surface area contributed by atoms with Crippen molar-refractivity contribution in [2.24, 2.45) is 5.92 Å². The predicted molar refractivity (Wildman–Crippen MR) is 116 cm³/mol. The van der Waals surface area contributed by atoms with Crippen LogP contribution >= 0.6 is 0 Å². The van der Waals surface area contributed by atoms with E-state index in [4.69, 9.17) is 4.74 Å². The number of carbonyl (C=O) groups is 1. The fourth-order valence-corrected chi connectivity index (χ4v) is 3.83. The standard InChI is InChI=1S/C25H25FN2O3/c1-15-9-20(26)5-6-22(15)18-10-16(14-29)11-19(12-18)25(30)28-24(17-3-4-17)23-13-21(31-2)7-8-27-23/h5-13,17,24,29H,3-4,14H2,1-2H3,(H,28,30)/t24-/m1/s1. The zero-order valence-electron chi connectivity index (χ0n) is 17.6. The Hall–Kier alpha value is -3.25. The molecule has 0 radical (unpaired) electrons. The molecule has 1 aliphatic rings. The highest BCUT2D eigenvalue weighted by atomic mass is 19.1. The van der Waals surface area contributed by atoms with Gasteiger partial charge in [0, 0.05) is 17.8 Å². The van der Waals surface area contributed by atoms with Gasteiger partial charge in [-0.3, -0.25) is 9.78 Å². The Morgan fingerprint density at radius 2 is 2.03 bits per heavy atom. The number of hydrogen-bond donors (Lipinski definition) is 2. The van der Waals surface area contributed by atoms with Crippen molar-refractivity contribution in [2.75, 3.05) is 7.11 Å². The Kier molecular flexibility index (Phi) is 6.00. The predicted octanol–water partition coefficient (Wildman–Crippen LogP) is 4.58. The molecule has 0 aliphatic heterocycles. The summed E-state index contributed by atoms with van der Waals surface area (Å²) in [6.45, 7) is 1.62. The van der Waals surface area contributed by atoms with Gasteiger partial charge in [-0.05, 0) is 84.3 Å². The summed E-state index contributed by atoms with van der Waals surface area (Å²) >= 11 is 0. The third-order valence-corrected chi connectivity index (χ3v) is 5.62. The number of methoxy groups -OCH3 is 1. The molecule has 3 aromatic rings. The lowest BCUT2D eigenvalue weighted by molar-refractivity contribution is 0.0930. The molecule has 5 nitrogen and oxygen atoms in total. The molecule has 0 saturated heterocycles. The number of nitrogens with zero attached hydrogens (tertiary/aromatic N) is 1. The highest BCUT2D eigenvalue weighted by Gasteiger charge is 2.34. The van der Waals surface area contributed by atoms with E-state index >= 15 is 0 Å². The number of amides is 1. The minimum absolute atomic E-state index is 0.197. The minimum atomic E-state index is -0.310. The Morgan fingerprint density at radius 1 is 1.23 bits per heavy atom. The van der Waals surface area contributed by atoms with Crippen molar-refractivity contribution in [1.82, 2.24) is 10.3 Å². The summed E-state index contributed by atoms with van der Waals surface area (Å²) in [4.78, 5) is 17.6. The van der Waals surface area contributed by atoms with Crippen LogP contribution in [0.1, 0.15) is 46.1 Å². The molecule has 0 unspecified atom stereocenters. The van der Waals surface area contributed by atoms with Gasteiger partial charge in [-0.15, -0.1) is 0 Å². The van der Waals surface area contributed by atoms with Crippen LogP contribution in [0.3, 0.4) is 0 Å². The molecule has 160 valence electrons. The molecule has 1 atom stereocenters. The van der Waals surface area contributed by atoms with Crippen LogP contribution in [0.15, 0.2) is 54.7 Å². The second-order valence-electron chi connectivity index (χ2n) is 7.95. The number of hydrogen-bond acceptors (Lipinski definition) is 4. The van der Waals surface area contributed by atoms with Gasteiger partial charge in [-0.1, -0.05) is 6.07 Å². The number of aliphatic hydroxyl groups excluding tert-OH is 1. The zero-order chi connectivity index (χ0) is 22.0. The third-order valence-electron chi connectivity index (χ3n) is 5.62. The number of aryl methyl sites for hydroxylation is 1. The van der Waals surface area contributed by atoms with Crippen LogP contribution in [0.4, 0.5) is 4.39 Å². The van der Waals surface area contributed by atoms with Crippen molar-refractivity contribution < 1.29 is 19.0 Å². The van der Waals surface area contributed by atoms with Crippen LogP contribution in [-0.4, -0.2) is 23.1 Å². The number of nitrogens with one attached hydrogen (secondary N) is 1. The van der Waals surface area contributed by atoms with Crippen molar-refractivity contribution in [3.05, 3.63) is 82.9 Å². The van der Waals surface area contributed by atoms with Gasteiger partial charge in [0.15, 0.2) is 0 Å². The summed E-state index contributed by atoms with van der Waals surface area (Å²) in [5.41, 5.74) is 4.17. The molecule has 1 aromatic heterocycles. The number of rotatable bonds is 7. The molecular weight excluding hydrogens is 395 g/mol. The second kappa shape index (κ2) is 8.86. The van der Waals surface area contributed by atoms with Gasteiger partial charge < -0.3 is 15.2 Å². The highest BCUT2D eigenvalue weighted by Crippen LogP contribution is 2.41. The molecule has 1 amide bonds. The molecule has 0 bridgehead atoms. The maximum atomic E-state index is 13.5. The van der Waals surface area contributed by atoms with E-state index in [1.165, 1.54) is 12.1 Å². The van der Waals surface area contributed by atoms with E-state index in [9.17, 15) is 14.3 Å². The Bertz CT molecular complexity index is 1110. The first kappa shape index (κ1) is 21.0. The van der Waals surface area contributed by atoms with Crippen LogP contribution in [-0.2, 0) is 6.61 Å². The molecule has 31 heavy (non-hydrogen) atoms. The maximum absolute atomic E-state index is 13.5. The van der Waals surface area contributed by atoms with Crippen LogP contribution < -0.4 is 10.1 Å². The molecule has 4 rings (SSSR count). The number of carbonyl (C=O) groups excluding carboxylic acids is 1. The van der Waals surface area contributed by atoms with Crippen molar-refractivity contribution in [3.63, 3.8) is 0 Å². The number of ether oxygens (including phenoxy) is 1. The molecule has 6 heteroatoms. The molecular formula is C25H25FN2O3. The van der Waals surface area contributed by atoms with Gasteiger partial charge in [0.2, 0.25) is 0 Å². The summed E-state index contributed by atoms with van der Waals surface area (Å²) in [6, 6.07) is 13.2. The van der Waals surface area contributed by atoms with E-state index in [-0.39, 0.29) is 24.4 Å². The summed E-state index contributed by atoms with van der Waals surface area (Å²) in [7, 11) is 1.60. The zero-order valence-corrected chi connectivity index (χ0v) is 17.6. The van der Waals surface area contributed by atoms with Crippen LogP contribution in [0.2, 0.25) is 0 Å². The summed E-state index contributed by atoms with van der Waals surface area (Å²) in [5, 5.41) is 12.8. The van der Waals surface area contributed by atoms with Gasteiger partial charge in [0.1, 0.15) is 11.6 Å². The van der Waals surface area contributed by atoms with E-state index < -0.39 is 0 Å². The normalized spacial score (nSPS) is 14.2. The van der Waals surface area contributed by atoms with Crippen LogP contribution in [0.25, 0.3) is 11.1 Å². The van der Waals surface area contributed by atoms with Gasteiger partial charge >= 0.3 is 0 Å². The number of aliphatic hydroxyl groups is 1. The van der Waals surface area contributed by atoms with E-state index in [1.54, 1.807) is 37.6 Å². The SMILES string of the molecule is COc1ccnc([C@H](NC(=O)c2cc(CO)cc(-c3ccc(F)cc3C)c2)C2CC2)c1. The van der Waals surface area contributed by atoms with Gasteiger partial charge in [-0.2, -0.15) is 0 Å². The molecule has 2 aromatic carbocycles. The van der Waals surface area contributed by atoms with Crippen molar-refractivity contribution in [1.29, 1.82) is 0 Å². The highest BCUT2D eigenvalue weighted by molar-refractivity contribution is 5.96. The Morgan fingerprint density at radius 3 is 2.71 bits per heavy atom. The monoisotopic (exact) mass is 420 g/mol. The lowest BCUT2D eigenvalue weighted by atomic mass is 9.96. The largest absolute Gasteiger partial charge is 0.497 e. The fraction of sp³-hybridized carbons (Fsp3) is 0.280. The number of aromatic nitrogens is 1. The molecule has 1 fully saturated rings. The Balaban J connectivity index is 1.65. The summed E-state index contributed by atoms with van der Waals surface area (Å²) in [5.74, 6) is 0.484. The van der Waals surface area contributed by atoms with Gasteiger partial charge in [-0.25, -0.2) is 4.39 Å². The van der Waals surface area contributed by atoms with E-state index in [1.807, 2.05) is 19.1 Å². The number of pyridine rings is 1. The third kappa shape index (κ3) is 4.75. The van der Waals surface area contributed by atoms with Crippen molar-refractivity contribution >= 4 is 5.91 Å². The molecule has 1 saturated carbocycles. The van der Waals surface area contributed by atoms with Gasteiger partial charge in [0.25, 0.3) is 5.91 Å². The maximum Gasteiger partial charge on any atom is 0.251 e. The molecule has 1 aliphatic carbocycles. The smallest absolute Gasteiger partial charge is 0.251 e. The molecule has 1 heterocycles. The number of halogens is 1. The van der Waals surface area contributed by atoms with Crippen molar-refractivity contribution in [2.45, 2.75) is 32.4 Å². The minimum Gasteiger partial charge on any atom is -0.497 e. The number of benzene rings is 2. The van der Waals surface area contributed by atoms with Crippen LogP contribution in [0.5, 0.6) is 5.75 Å². The topological polar surface area (TPSA) is 71.5 Å². The first-order chi connectivity index (χ1) is 15.0. The first-order valence-electron chi connectivity index (χ1n) is 10.3. The first-order valence-corrected chi connectivity index (χ1v) is 10.3. The quantitative estimate of drug-likeness (QED) is 0.587. The molecule has 2 N–H and O–H groups in total. The van der Waals surface area contributed by atoms with E-state index in [0.717, 1.165) is 35.2 Å². The fourth-order valence-electron chi connectivity index (χ4n) is 3.83. The van der Waals surface area contributed by atoms with Crippen molar-refractivity contribution in [3.8, 4) is 16.9 Å². The van der Waals surface area contributed by atoms with E-state index in [2.05, 4.69) is 10.3 Å². The van der Waals surface area contributed by atoms with Crippen LogP contribution in [0, 0.1) is 18.7 Å². The van der Waals surface area contributed by atoms with E-state index in [0.29, 0.717) is 22.8 Å². The average Bonchev–Trinajstić information content (AvgIpc) is 3.62. The summed E-state index contributed by atoms with van der Waals surface area (Å²) < 4.78 is 18.8. The second-order valence-corrected chi connectivity index (χ2v) is 7.95. The lowest BCUT2D eigenvalue weighted by Gasteiger charge is -2.19. The average molecular weight is 420 g/mol. The lowest BCUT2D eigenvalue weighted by Crippen LogP contribution is -2.30. The Labute approximate surface area is 180 Å². The summed E-state index contributed by atoms with van der Waals surface area (Å²) in [6.07, 6.45) is 3.73.